The summed E-state index contributed by atoms with van der Waals surface area (Å²) in [6, 6.07) is 4.93. The highest BCUT2D eigenvalue weighted by molar-refractivity contribution is 7.90. The zero-order valence-electron chi connectivity index (χ0n) is 12.2. The summed E-state index contributed by atoms with van der Waals surface area (Å²) in [5.41, 5.74) is 0.541. The van der Waals surface area contributed by atoms with Crippen LogP contribution in [0.25, 0.3) is 0 Å². The van der Waals surface area contributed by atoms with Crippen LogP contribution in [-0.4, -0.2) is 32.9 Å². The van der Waals surface area contributed by atoms with Crippen molar-refractivity contribution in [3.8, 4) is 0 Å². The summed E-state index contributed by atoms with van der Waals surface area (Å²) >= 11 is 6.15. The van der Waals surface area contributed by atoms with Gasteiger partial charge in [0.15, 0.2) is 9.84 Å². The molecule has 0 atom stereocenters. The van der Waals surface area contributed by atoms with E-state index in [-0.39, 0.29) is 16.9 Å². The molecule has 0 bridgehead atoms. The van der Waals surface area contributed by atoms with E-state index in [2.05, 4.69) is 5.32 Å². The quantitative estimate of drug-likeness (QED) is 0.840. The van der Waals surface area contributed by atoms with E-state index < -0.39 is 9.84 Å². The van der Waals surface area contributed by atoms with Crippen LogP contribution in [0.1, 0.15) is 31.2 Å². The molecule has 1 aliphatic carbocycles. The highest BCUT2D eigenvalue weighted by Gasteiger charge is 2.32. The van der Waals surface area contributed by atoms with E-state index in [4.69, 9.17) is 11.6 Å². The van der Waals surface area contributed by atoms with Crippen molar-refractivity contribution < 1.29 is 13.5 Å². The van der Waals surface area contributed by atoms with E-state index in [9.17, 15) is 13.5 Å². The lowest BCUT2D eigenvalue weighted by atomic mass is 9.87. The van der Waals surface area contributed by atoms with Gasteiger partial charge in [-0.05, 0) is 25.0 Å². The first-order valence-corrected chi connectivity index (χ1v) is 9.44. The summed E-state index contributed by atoms with van der Waals surface area (Å²) < 4.78 is 23.6. The molecule has 1 aliphatic rings. The Kier molecular flexibility index (Phi) is 5.30. The van der Waals surface area contributed by atoms with Gasteiger partial charge in [0.05, 0.1) is 4.90 Å². The standard InChI is InChI=1S/C15H22ClNO3S/c1-21(19,20)14-6-4-5-13(16)12(14)9-17-10-15(11-18)7-2-3-8-15/h4-6,17-18H,2-3,7-11H2,1H3. The number of halogens is 1. The minimum Gasteiger partial charge on any atom is -0.396 e. The van der Waals surface area contributed by atoms with Gasteiger partial charge in [-0.3, -0.25) is 0 Å². The molecule has 6 heteroatoms. The van der Waals surface area contributed by atoms with Crippen LogP contribution in [0.5, 0.6) is 0 Å². The Morgan fingerprint density at radius 2 is 2.00 bits per heavy atom. The van der Waals surface area contributed by atoms with Gasteiger partial charge in [-0.25, -0.2) is 8.42 Å². The van der Waals surface area contributed by atoms with Crippen LogP contribution in [0, 0.1) is 5.41 Å². The summed E-state index contributed by atoms with van der Waals surface area (Å²) in [6.07, 6.45) is 5.50. The van der Waals surface area contributed by atoms with E-state index in [1.807, 2.05) is 0 Å². The molecule has 0 aromatic heterocycles. The maximum Gasteiger partial charge on any atom is 0.175 e. The number of rotatable bonds is 6. The molecule has 0 amide bonds. The molecule has 1 aromatic rings. The first kappa shape index (κ1) is 16.7. The topological polar surface area (TPSA) is 66.4 Å². The van der Waals surface area contributed by atoms with E-state index >= 15 is 0 Å². The molecule has 1 aromatic carbocycles. The summed E-state index contributed by atoms with van der Waals surface area (Å²) in [4.78, 5) is 0.270. The lowest BCUT2D eigenvalue weighted by Gasteiger charge is -2.27. The summed E-state index contributed by atoms with van der Waals surface area (Å²) in [6.45, 7) is 1.24. The van der Waals surface area contributed by atoms with Crippen LogP contribution in [0.4, 0.5) is 0 Å². The zero-order chi connectivity index (χ0) is 15.5. The van der Waals surface area contributed by atoms with Gasteiger partial charge in [-0.15, -0.1) is 0 Å². The van der Waals surface area contributed by atoms with Gasteiger partial charge in [0.25, 0.3) is 0 Å². The lowest BCUT2D eigenvalue weighted by molar-refractivity contribution is 0.128. The fourth-order valence-electron chi connectivity index (χ4n) is 3.03. The number of nitrogens with one attached hydrogen (secondary N) is 1. The van der Waals surface area contributed by atoms with Gasteiger partial charge in [0.2, 0.25) is 0 Å². The smallest absolute Gasteiger partial charge is 0.175 e. The molecule has 0 aliphatic heterocycles. The summed E-state index contributed by atoms with van der Waals surface area (Å²) in [5, 5.41) is 13.3. The van der Waals surface area contributed by atoms with Crippen LogP contribution in [0.2, 0.25) is 5.02 Å². The van der Waals surface area contributed by atoms with Crippen LogP contribution in [-0.2, 0) is 16.4 Å². The van der Waals surface area contributed by atoms with Gasteiger partial charge in [-0.2, -0.15) is 0 Å². The monoisotopic (exact) mass is 331 g/mol. The number of aliphatic hydroxyl groups is 1. The minimum atomic E-state index is -3.30. The van der Waals surface area contributed by atoms with Crippen molar-refractivity contribution in [2.45, 2.75) is 37.1 Å². The second-order valence-electron chi connectivity index (χ2n) is 5.96. The Morgan fingerprint density at radius 1 is 1.33 bits per heavy atom. The third kappa shape index (κ3) is 3.97. The fraction of sp³-hybridized carbons (Fsp3) is 0.600. The second-order valence-corrected chi connectivity index (χ2v) is 8.35. The predicted molar refractivity (Wildman–Crippen MR) is 84.3 cm³/mol. The van der Waals surface area contributed by atoms with Crippen LogP contribution in [0.3, 0.4) is 0 Å². The molecule has 0 spiro atoms. The number of hydrogen-bond donors (Lipinski definition) is 2. The second kappa shape index (κ2) is 6.65. The Hall–Kier alpha value is -0.620. The Labute approximate surface area is 131 Å². The Morgan fingerprint density at radius 3 is 2.57 bits per heavy atom. The third-order valence-corrected chi connectivity index (χ3v) is 5.81. The average Bonchev–Trinajstić information content (AvgIpc) is 2.89. The highest BCUT2D eigenvalue weighted by Crippen LogP contribution is 2.37. The fourth-order valence-corrected chi connectivity index (χ4v) is 4.28. The maximum atomic E-state index is 11.8. The minimum absolute atomic E-state index is 0.0630. The predicted octanol–water partition coefficient (Wildman–Crippen LogP) is 2.39. The van der Waals surface area contributed by atoms with E-state index in [0.29, 0.717) is 23.7 Å². The van der Waals surface area contributed by atoms with Crippen molar-refractivity contribution >= 4 is 21.4 Å². The Balaban J connectivity index is 2.10. The van der Waals surface area contributed by atoms with E-state index in [1.165, 1.54) is 6.26 Å². The first-order valence-electron chi connectivity index (χ1n) is 7.17. The molecule has 0 unspecified atom stereocenters. The van der Waals surface area contributed by atoms with Gasteiger partial charge in [-0.1, -0.05) is 30.5 Å². The maximum absolute atomic E-state index is 11.8. The number of hydrogen-bond acceptors (Lipinski definition) is 4. The van der Waals surface area contributed by atoms with Crippen LogP contribution >= 0.6 is 11.6 Å². The van der Waals surface area contributed by atoms with Gasteiger partial charge in [0, 0.05) is 42.0 Å². The summed E-state index contributed by atoms with van der Waals surface area (Å²) in [5.74, 6) is 0. The third-order valence-electron chi connectivity index (χ3n) is 4.28. The van der Waals surface area contributed by atoms with Crippen molar-refractivity contribution in [1.82, 2.24) is 5.32 Å². The van der Waals surface area contributed by atoms with Gasteiger partial charge in [0.1, 0.15) is 0 Å². The van der Waals surface area contributed by atoms with Crippen molar-refractivity contribution in [3.63, 3.8) is 0 Å². The highest BCUT2D eigenvalue weighted by atomic mass is 35.5. The molecule has 1 saturated carbocycles. The van der Waals surface area contributed by atoms with Gasteiger partial charge < -0.3 is 10.4 Å². The van der Waals surface area contributed by atoms with Crippen molar-refractivity contribution in [2.24, 2.45) is 5.41 Å². The van der Waals surface area contributed by atoms with E-state index in [1.54, 1.807) is 18.2 Å². The van der Waals surface area contributed by atoms with E-state index in [0.717, 1.165) is 25.7 Å². The molecule has 0 heterocycles. The number of aliphatic hydroxyl groups excluding tert-OH is 1. The molecule has 0 radical (unpaired) electrons. The molecule has 2 rings (SSSR count). The first-order chi connectivity index (χ1) is 9.88. The molecule has 1 fully saturated rings. The molecular weight excluding hydrogens is 310 g/mol. The largest absolute Gasteiger partial charge is 0.396 e. The molecule has 2 N–H and O–H groups in total. The lowest BCUT2D eigenvalue weighted by Crippen LogP contribution is -2.35. The SMILES string of the molecule is CS(=O)(=O)c1cccc(Cl)c1CNCC1(CO)CCCC1. The number of sulfone groups is 1. The van der Waals surface area contributed by atoms with Crippen LogP contribution in [0.15, 0.2) is 23.1 Å². The molecular formula is C15H22ClNO3S. The molecule has 21 heavy (non-hydrogen) atoms. The average molecular weight is 332 g/mol. The molecule has 118 valence electrons. The van der Waals surface area contributed by atoms with Crippen LogP contribution < -0.4 is 5.32 Å². The zero-order valence-corrected chi connectivity index (χ0v) is 13.8. The summed E-state index contributed by atoms with van der Waals surface area (Å²) in [7, 11) is -3.30. The van der Waals surface area contributed by atoms with Gasteiger partial charge >= 0.3 is 0 Å². The van der Waals surface area contributed by atoms with Crippen molar-refractivity contribution in [3.05, 3.63) is 28.8 Å². The normalized spacial score (nSPS) is 18.0. The van der Waals surface area contributed by atoms with Crippen molar-refractivity contribution in [1.29, 1.82) is 0 Å². The molecule has 0 saturated heterocycles. The molecule has 4 nitrogen and oxygen atoms in total. The van der Waals surface area contributed by atoms with Crippen molar-refractivity contribution in [2.75, 3.05) is 19.4 Å². The Bertz CT molecular complexity index is 595. The number of benzene rings is 1.